The molecule has 0 amide bonds. The average molecular weight is 266 g/mol. The van der Waals surface area contributed by atoms with Gasteiger partial charge < -0.3 is 0 Å². The average Bonchev–Trinajstić information content (AvgIpc) is 2.47. The van der Waals surface area contributed by atoms with E-state index in [9.17, 15) is 0 Å². The third-order valence-electron chi connectivity index (χ3n) is 2.50. The molecule has 0 saturated heterocycles. The molecule has 0 N–H and O–H groups in total. The van der Waals surface area contributed by atoms with Crippen LogP contribution in [0.25, 0.3) is 17.7 Å². The summed E-state index contributed by atoms with van der Waals surface area (Å²) < 4.78 is 0. The van der Waals surface area contributed by atoms with Crippen LogP contribution < -0.4 is 0 Å². The van der Waals surface area contributed by atoms with E-state index in [-0.39, 0.29) is 0 Å². The summed E-state index contributed by atoms with van der Waals surface area (Å²) in [5.74, 6) is 0. The van der Waals surface area contributed by atoms with Crippen LogP contribution in [0, 0.1) is 0 Å². The van der Waals surface area contributed by atoms with Crippen LogP contribution in [0.1, 0.15) is 43.9 Å². The first-order chi connectivity index (χ1) is 9.68. The molecule has 0 atom stereocenters. The van der Waals surface area contributed by atoms with Crippen molar-refractivity contribution in [2.75, 3.05) is 0 Å². The predicted molar refractivity (Wildman–Crippen MR) is 95.6 cm³/mol. The summed E-state index contributed by atoms with van der Waals surface area (Å²) in [5.41, 5.74) is 4.49. The van der Waals surface area contributed by atoms with Crippen LogP contribution in [0.3, 0.4) is 0 Å². The maximum atomic E-state index is 3.83. The van der Waals surface area contributed by atoms with E-state index in [2.05, 4.69) is 57.9 Å². The maximum Gasteiger partial charge on any atom is -0.0178 e. The fourth-order valence-electron chi connectivity index (χ4n) is 1.67. The summed E-state index contributed by atoms with van der Waals surface area (Å²) >= 11 is 0. The molecule has 0 heterocycles. The van der Waals surface area contributed by atoms with E-state index >= 15 is 0 Å². The largest absolute Gasteiger partial charge is 0.0990 e. The predicted octanol–water partition coefficient (Wildman–Crippen LogP) is 6.53. The standard InChI is InChI=1S/C17H18.C3H8/c1-5-9-16(10-6-2)17-12-11-14(7-3)15(8-4)13-17;1-3-2/h5-13H,1,3-4H2,2H3;3H2,1-2H3/b10-6-,16-9+;. The van der Waals surface area contributed by atoms with Gasteiger partial charge in [0.25, 0.3) is 0 Å². The minimum atomic E-state index is 1.09. The third-order valence-corrected chi connectivity index (χ3v) is 2.50. The molecule has 0 nitrogen and oxygen atoms in total. The highest BCUT2D eigenvalue weighted by Crippen LogP contribution is 2.21. The minimum Gasteiger partial charge on any atom is -0.0990 e. The molecule has 0 heteroatoms. The van der Waals surface area contributed by atoms with E-state index in [0.29, 0.717) is 0 Å². The van der Waals surface area contributed by atoms with Crippen LogP contribution >= 0.6 is 0 Å². The molecule has 0 aliphatic rings. The highest BCUT2D eigenvalue weighted by atomic mass is 14.1. The zero-order chi connectivity index (χ0) is 15.4. The molecular weight excluding hydrogens is 240 g/mol. The summed E-state index contributed by atoms with van der Waals surface area (Å²) in [6.07, 6.45) is 12.8. The smallest absolute Gasteiger partial charge is 0.0178 e. The molecular formula is C20H26. The van der Waals surface area contributed by atoms with Gasteiger partial charge in [-0.3, -0.25) is 0 Å². The van der Waals surface area contributed by atoms with Gasteiger partial charge in [0, 0.05) is 0 Å². The third kappa shape index (κ3) is 5.71. The highest BCUT2D eigenvalue weighted by molar-refractivity contribution is 5.78. The summed E-state index contributed by atoms with van der Waals surface area (Å²) in [4.78, 5) is 0. The van der Waals surface area contributed by atoms with E-state index in [1.54, 1.807) is 6.08 Å². The summed E-state index contributed by atoms with van der Waals surface area (Å²) in [6.45, 7) is 17.6. The highest BCUT2D eigenvalue weighted by Gasteiger charge is 2.01. The van der Waals surface area contributed by atoms with Crippen molar-refractivity contribution < 1.29 is 0 Å². The molecule has 20 heavy (non-hydrogen) atoms. The molecule has 0 aromatic heterocycles. The van der Waals surface area contributed by atoms with Crippen LogP contribution in [-0.4, -0.2) is 0 Å². The monoisotopic (exact) mass is 266 g/mol. The molecule has 0 aliphatic heterocycles. The molecule has 0 spiro atoms. The molecule has 1 rings (SSSR count). The van der Waals surface area contributed by atoms with Crippen molar-refractivity contribution in [3.63, 3.8) is 0 Å². The lowest BCUT2D eigenvalue weighted by atomic mass is 9.98. The summed E-state index contributed by atoms with van der Waals surface area (Å²) in [7, 11) is 0. The Balaban J connectivity index is 0.00000110. The molecule has 0 radical (unpaired) electrons. The number of hydrogen-bond donors (Lipinski definition) is 0. The number of benzene rings is 1. The Bertz CT molecular complexity index is 499. The normalized spacial score (nSPS) is 10.7. The van der Waals surface area contributed by atoms with E-state index in [4.69, 9.17) is 0 Å². The first kappa shape index (κ1) is 17.9. The van der Waals surface area contributed by atoms with Crippen molar-refractivity contribution in [1.29, 1.82) is 0 Å². The van der Waals surface area contributed by atoms with Gasteiger partial charge in [-0.2, -0.15) is 0 Å². The molecule has 1 aromatic carbocycles. The quantitative estimate of drug-likeness (QED) is 0.531. The molecule has 0 saturated carbocycles. The van der Waals surface area contributed by atoms with Crippen molar-refractivity contribution in [3.8, 4) is 0 Å². The van der Waals surface area contributed by atoms with Crippen molar-refractivity contribution >= 4 is 17.7 Å². The van der Waals surface area contributed by atoms with Crippen molar-refractivity contribution in [3.05, 3.63) is 78.9 Å². The van der Waals surface area contributed by atoms with E-state index in [0.717, 1.165) is 22.3 Å². The zero-order valence-corrected chi connectivity index (χ0v) is 13.0. The van der Waals surface area contributed by atoms with Crippen LogP contribution in [-0.2, 0) is 0 Å². The van der Waals surface area contributed by atoms with Gasteiger partial charge in [0.15, 0.2) is 0 Å². The SMILES string of the molecule is C=C/C=C(\C=C/C)c1ccc(C=C)c(C=C)c1.CCC. The van der Waals surface area contributed by atoms with Gasteiger partial charge in [0.2, 0.25) is 0 Å². The Morgan fingerprint density at radius 2 is 1.65 bits per heavy atom. The first-order valence-corrected chi connectivity index (χ1v) is 7.03. The van der Waals surface area contributed by atoms with E-state index in [1.807, 2.05) is 31.2 Å². The lowest BCUT2D eigenvalue weighted by molar-refractivity contribution is 1.09. The topological polar surface area (TPSA) is 0 Å². The number of allylic oxidation sites excluding steroid dienone is 5. The minimum absolute atomic E-state index is 1.09. The van der Waals surface area contributed by atoms with Gasteiger partial charge in [-0.25, -0.2) is 0 Å². The second kappa shape index (κ2) is 10.8. The molecule has 0 aliphatic carbocycles. The van der Waals surface area contributed by atoms with Gasteiger partial charge in [0.1, 0.15) is 0 Å². The Morgan fingerprint density at radius 1 is 1.05 bits per heavy atom. The van der Waals surface area contributed by atoms with Crippen LogP contribution in [0.15, 0.2) is 62.2 Å². The fourth-order valence-corrected chi connectivity index (χ4v) is 1.67. The van der Waals surface area contributed by atoms with Gasteiger partial charge in [-0.05, 0) is 35.3 Å². The number of hydrogen-bond acceptors (Lipinski definition) is 0. The van der Waals surface area contributed by atoms with Crippen LogP contribution in [0.2, 0.25) is 0 Å². The molecule has 0 bridgehead atoms. The Labute approximate surface area is 124 Å². The van der Waals surface area contributed by atoms with Crippen LogP contribution in [0.5, 0.6) is 0 Å². The molecule has 0 fully saturated rings. The summed E-state index contributed by atoms with van der Waals surface area (Å²) in [6, 6.07) is 6.25. The molecule has 0 unspecified atom stereocenters. The lowest BCUT2D eigenvalue weighted by Gasteiger charge is -2.06. The Morgan fingerprint density at radius 3 is 2.10 bits per heavy atom. The van der Waals surface area contributed by atoms with Gasteiger partial charge in [0.05, 0.1) is 0 Å². The van der Waals surface area contributed by atoms with E-state index < -0.39 is 0 Å². The van der Waals surface area contributed by atoms with Gasteiger partial charge in [-0.1, -0.05) is 88.6 Å². The maximum absolute atomic E-state index is 3.83. The lowest BCUT2D eigenvalue weighted by Crippen LogP contribution is -1.86. The van der Waals surface area contributed by atoms with Crippen molar-refractivity contribution in [1.82, 2.24) is 0 Å². The number of rotatable bonds is 5. The zero-order valence-electron chi connectivity index (χ0n) is 13.0. The van der Waals surface area contributed by atoms with Gasteiger partial charge >= 0.3 is 0 Å². The molecule has 1 aromatic rings. The van der Waals surface area contributed by atoms with Crippen LogP contribution in [0.4, 0.5) is 0 Å². The Hall–Kier alpha value is -2.08. The Kier molecular flexibility index (Phi) is 9.68. The van der Waals surface area contributed by atoms with Crippen molar-refractivity contribution in [2.24, 2.45) is 0 Å². The van der Waals surface area contributed by atoms with E-state index in [1.165, 1.54) is 6.42 Å². The van der Waals surface area contributed by atoms with Crippen molar-refractivity contribution in [2.45, 2.75) is 27.2 Å². The second-order valence-electron chi connectivity index (χ2n) is 4.32. The molecule has 106 valence electrons. The first-order valence-electron chi connectivity index (χ1n) is 7.03. The fraction of sp³-hybridized carbons (Fsp3) is 0.200. The van der Waals surface area contributed by atoms with Gasteiger partial charge in [-0.15, -0.1) is 0 Å². The second-order valence-corrected chi connectivity index (χ2v) is 4.32. The summed E-state index contributed by atoms with van der Waals surface area (Å²) in [5, 5.41) is 0.